The molecule has 2 aliphatic rings. The zero-order valence-electron chi connectivity index (χ0n) is 26.3. The van der Waals surface area contributed by atoms with Crippen molar-refractivity contribution >= 4 is 46.4 Å². The molecule has 0 atom stereocenters. The number of aromatic nitrogens is 4. The molecular formula is C40H25F3N4NiO2. The monoisotopic (exact) mass is 708 g/mol. The van der Waals surface area contributed by atoms with Crippen LogP contribution in [0, 0.1) is 0 Å². The van der Waals surface area contributed by atoms with Crippen LogP contribution in [0.3, 0.4) is 0 Å². The first-order valence-corrected chi connectivity index (χ1v) is 15.4. The molecule has 0 spiro atoms. The Hall–Kier alpha value is -5.86. The molecule has 6 aromatic rings. The van der Waals surface area contributed by atoms with Gasteiger partial charge in [0.05, 0.1) is 18.5 Å². The van der Waals surface area contributed by atoms with Gasteiger partial charge in [0.25, 0.3) is 0 Å². The summed E-state index contributed by atoms with van der Waals surface area (Å²) in [6.07, 6.45) is 2.51. The minimum Gasteiger partial charge on any atom is -0.657 e. The van der Waals surface area contributed by atoms with E-state index in [4.69, 9.17) is 19.4 Å². The summed E-state index contributed by atoms with van der Waals surface area (Å²) in [5, 5.41) is 0. The second kappa shape index (κ2) is 13.2. The summed E-state index contributed by atoms with van der Waals surface area (Å²) in [7, 11) is 1.59. The van der Waals surface area contributed by atoms with Crippen LogP contribution >= 0.6 is 0 Å². The van der Waals surface area contributed by atoms with Crippen LogP contribution < -0.4 is 19.4 Å². The maximum absolute atomic E-state index is 14.9. The number of rotatable bonds is 5. The smallest absolute Gasteiger partial charge is 0.657 e. The second-order valence-electron chi connectivity index (χ2n) is 11.3. The average molecular weight is 709 g/mol. The molecule has 8 rings (SSSR count). The molecule has 8 bridgehead atoms. The van der Waals surface area contributed by atoms with Gasteiger partial charge in [0.15, 0.2) is 5.75 Å². The first kappa shape index (κ1) is 32.7. The summed E-state index contributed by atoms with van der Waals surface area (Å²) in [6.45, 7) is 0. The third-order valence-electron chi connectivity index (χ3n) is 8.25. The van der Waals surface area contributed by atoms with Crippen molar-refractivity contribution in [2.24, 2.45) is 0 Å². The zero-order valence-corrected chi connectivity index (χ0v) is 27.2. The molecule has 6 nitrogen and oxygen atoms in total. The first-order chi connectivity index (χ1) is 23.9. The van der Waals surface area contributed by atoms with Gasteiger partial charge in [-0.25, -0.2) is 9.97 Å². The molecule has 3 aromatic carbocycles. The van der Waals surface area contributed by atoms with E-state index >= 15 is 0 Å². The number of halogens is 3. The number of hydrogen-bond acceptors (Lipinski definition) is 4. The van der Waals surface area contributed by atoms with E-state index in [2.05, 4.69) is 9.97 Å². The van der Waals surface area contributed by atoms with Gasteiger partial charge in [0, 0.05) is 5.56 Å². The summed E-state index contributed by atoms with van der Waals surface area (Å²) < 4.78 is 56.4. The molecule has 0 aliphatic carbocycles. The van der Waals surface area contributed by atoms with Crippen LogP contribution in [0.15, 0.2) is 109 Å². The third kappa shape index (κ3) is 6.10. The number of alkyl halides is 3. The fourth-order valence-electron chi connectivity index (χ4n) is 6.02. The minimum atomic E-state index is -4.73. The van der Waals surface area contributed by atoms with E-state index in [1.807, 2.05) is 85.0 Å². The van der Waals surface area contributed by atoms with Crippen molar-refractivity contribution in [3.63, 3.8) is 0 Å². The molecule has 0 unspecified atom stereocenters. The van der Waals surface area contributed by atoms with Gasteiger partial charge in [-0.2, -0.15) is 13.2 Å². The molecule has 2 aliphatic heterocycles. The van der Waals surface area contributed by atoms with Gasteiger partial charge in [-0.1, -0.05) is 84.9 Å². The summed E-state index contributed by atoms with van der Waals surface area (Å²) in [5.74, 6) is 1.62. The van der Waals surface area contributed by atoms with Crippen molar-refractivity contribution in [2.45, 2.75) is 6.18 Å². The molecule has 5 heterocycles. The van der Waals surface area contributed by atoms with Gasteiger partial charge < -0.3 is 19.4 Å². The van der Waals surface area contributed by atoms with Gasteiger partial charge in [0.2, 0.25) is 0 Å². The molecule has 0 radical (unpaired) electrons. The zero-order chi connectivity index (χ0) is 33.5. The van der Waals surface area contributed by atoms with Crippen LogP contribution in [0.4, 0.5) is 13.2 Å². The van der Waals surface area contributed by atoms with Gasteiger partial charge in [-0.3, -0.25) is 0 Å². The SMILES string of the molecule is COc1ccc(Oc2c3nc(c(-c4ccccc4)c4ccc([n-]4)c(C(F)(F)F)c4ccc([n-]4)c(-c4ccccc4)c4nc2C=C4)C=C3)cc1.[Ni+2]. The summed E-state index contributed by atoms with van der Waals surface area (Å²) in [5.41, 5.74) is 3.93. The normalized spacial score (nSPS) is 12.1. The van der Waals surface area contributed by atoms with Gasteiger partial charge in [-0.15, -0.1) is 22.1 Å². The number of ether oxygens (including phenoxy) is 2. The average Bonchev–Trinajstić information content (AvgIpc) is 3.94. The molecule has 0 saturated heterocycles. The van der Waals surface area contributed by atoms with Crippen LogP contribution in [0.25, 0.3) is 68.6 Å². The molecule has 0 saturated carbocycles. The van der Waals surface area contributed by atoms with Crippen LogP contribution in [0.2, 0.25) is 0 Å². The Labute approximate surface area is 294 Å². The molecule has 0 fully saturated rings. The Morgan fingerprint density at radius 1 is 0.520 bits per heavy atom. The molecule has 0 N–H and O–H groups in total. The van der Waals surface area contributed by atoms with E-state index in [1.165, 1.54) is 12.1 Å². The van der Waals surface area contributed by atoms with Crippen molar-refractivity contribution in [3.05, 3.63) is 138 Å². The summed E-state index contributed by atoms with van der Waals surface area (Å²) in [6, 6.07) is 31.8. The number of benzene rings is 3. The largest absolute Gasteiger partial charge is 2.00 e. The summed E-state index contributed by atoms with van der Waals surface area (Å²) in [4.78, 5) is 19.1. The van der Waals surface area contributed by atoms with Crippen LogP contribution in [-0.2, 0) is 22.7 Å². The van der Waals surface area contributed by atoms with Crippen molar-refractivity contribution in [3.8, 4) is 39.5 Å². The Morgan fingerprint density at radius 2 is 0.940 bits per heavy atom. The van der Waals surface area contributed by atoms with Crippen LogP contribution in [0.5, 0.6) is 17.2 Å². The number of hydrogen-bond donors (Lipinski definition) is 0. The standard InChI is InChI=1S/C40H25F3N4O2.Ni/c1-48-26-12-14-27(15-13-26)49-39-34-22-18-30(46-34)36(24-8-4-2-5-9-24)28-16-20-32(44-28)38(40(41,42)43)33-21-17-29(45-33)37(25-10-6-3-7-11-25)31-19-23-35(39)47-31;/h2-23H,1H3;/q-2;+2. The van der Waals surface area contributed by atoms with Gasteiger partial charge >= 0.3 is 22.7 Å². The van der Waals surface area contributed by atoms with E-state index in [1.54, 1.807) is 43.5 Å². The van der Waals surface area contributed by atoms with Crippen molar-refractivity contribution in [2.75, 3.05) is 7.11 Å². The third-order valence-corrected chi connectivity index (χ3v) is 8.25. The maximum Gasteiger partial charge on any atom is 2.00 e. The quantitative estimate of drug-likeness (QED) is 0.166. The molecule has 10 heteroatoms. The predicted octanol–water partition coefficient (Wildman–Crippen LogP) is 10.1. The minimum absolute atomic E-state index is 0. The summed E-state index contributed by atoms with van der Waals surface area (Å²) >= 11 is 0. The van der Waals surface area contributed by atoms with Gasteiger partial charge in [-0.05, 0) is 70.8 Å². The van der Waals surface area contributed by atoms with E-state index in [0.717, 1.165) is 11.1 Å². The van der Waals surface area contributed by atoms with Crippen LogP contribution in [-0.4, -0.2) is 17.1 Å². The van der Waals surface area contributed by atoms with E-state index in [0.29, 0.717) is 62.2 Å². The molecule has 50 heavy (non-hydrogen) atoms. The second-order valence-corrected chi connectivity index (χ2v) is 11.3. The fourth-order valence-corrected chi connectivity index (χ4v) is 6.02. The van der Waals surface area contributed by atoms with E-state index < -0.39 is 11.7 Å². The molecular weight excluding hydrogens is 684 g/mol. The van der Waals surface area contributed by atoms with Crippen molar-refractivity contribution in [1.82, 2.24) is 19.9 Å². The van der Waals surface area contributed by atoms with Gasteiger partial charge in [0.1, 0.15) is 22.9 Å². The van der Waals surface area contributed by atoms with E-state index in [9.17, 15) is 13.2 Å². The topological polar surface area (TPSA) is 72.4 Å². The Morgan fingerprint density at radius 3 is 1.38 bits per heavy atom. The Kier molecular flexibility index (Phi) is 8.64. The molecule has 248 valence electrons. The fraction of sp³-hybridized carbons (Fsp3) is 0.0500. The van der Waals surface area contributed by atoms with Crippen molar-refractivity contribution < 1.29 is 39.1 Å². The van der Waals surface area contributed by atoms with E-state index in [-0.39, 0.29) is 27.5 Å². The number of nitrogens with zero attached hydrogens (tertiary/aromatic N) is 4. The molecule has 3 aromatic heterocycles. The Balaban J connectivity index is 0.00000392. The van der Waals surface area contributed by atoms with Crippen molar-refractivity contribution in [1.29, 1.82) is 0 Å². The first-order valence-electron chi connectivity index (χ1n) is 15.4. The maximum atomic E-state index is 14.9. The predicted molar refractivity (Wildman–Crippen MR) is 186 cm³/mol. The van der Waals surface area contributed by atoms with Crippen LogP contribution in [0.1, 0.15) is 28.3 Å². The number of methoxy groups -OCH3 is 1. The Bertz CT molecular complexity index is 2300. The number of fused-ring (bicyclic) bond motifs is 8. The molecule has 0 amide bonds.